The van der Waals surface area contributed by atoms with Crippen LogP contribution in [0.3, 0.4) is 0 Å². The second-order valence-corrected chi connectivity index (χ2v) is 17.7. The monoisotopic (exact) mass is 968 g/mol. The first kappa shape index (κ1) is 49.3. The molecule has 0 aliphatic carbocycles. The Bertz CT molecular complexity index is 2480. The van der Waals surface area contributed by atoms with Crippen LogP contribution < -0.4 is 26.2 Å². The molecule has 0 bridgehead atoms. The third-order valence-corrected chi connectivity index (χ3v) is 12.0. The predicted octanol–water partition coefficient (Wildman–Crippen LogP) is 8.65. The first-order valence-corrected chi connectivity index (χ1v) is 23.1. The third-order valence-electron chi connectivity index (χ3n) is 9.49. The smallest absolute Gasteiger partial charge is 0.190 e. The predicted molar refractivity (Wildman–Crippen MR) is 259 cm³/mol. The number of pyridine rings is 2. The number of hydrogen-bond acceptors (Lipinski definition) is 14. The number of phenols is 1. The molecule has 2 aliphatic heterocycles. The van der Waals surface area contributed by atoms with Crippen LogP contribution in [0.5, 0.6) is 11.5 Å². The van der Waals surface area contributed by atoms with Crippen LogP contribution in [0.4, 0.5) is 10.3 Å². The number of hydrogen-bond donors (Lipinski definition) is 5. The van der Waals surface area contributed by atoms with Crippen molar-refractivity contribution >= 4 is 102 Å². The van der Waals surface area contributed by atoms with Gasteiger partial charge < -0.3 is 39.9 Å². The summed E-state index contributed by atoms with van der Waals surface area (Å²) in [6, 6.07) is 10.1. The van der Waals surface area contributed by atoms with E-state index in [4.69, 9.17) is 49.0 Å². The number of alkyl halides is 1. The fourth-order valence-electron chi connectivity index (χ4n) is 6.40. The molecule has 0 unspecified atom stereocenters. The van der Waals surface area contributed by atoms with Crippen molar-refractivity contribution in [1.29, 1.82) is 0 Å². The molecule has 20 heteroatoms. The van der Waals surface area contributed by atoms with Crippen LogP contribution in [0, 0.1) is 0 Å². The molecule has 2 saturated heterocycles. The zero-order valence-electron chi connectivity index (χ0n) is 34.9. The van der Waals surface area contributed by atoms with Crippen LogP contribution in [-0.2, 0) is 9.47 Å². The van der Waals surface area contributed by atoms with E-state index in [0.717, 1.165) is 81.8 Å². The number of halogens is 4. The highest BCUT2D eigenvalue weighted by molar-refractivity contribution is 7.14. The standard InChI is InChI=1S/C21H25ClN4O3S.C15H14ClN3O2S.C6H12ClNO.ClH/c1-13(2)23-21-25-16(12-30-21)15-11-17(27)14-3-4-18(19(22)20(14)24-15)29-10-7-26-5-8-28-9-6-26;1-7(2)17-15-19-10(6-22-15)9-5-12(21)8-3-4-11(20)13(16)14(8)18-9;7-1-2-8-3-5-9-6-4-8;/h3-4,11-13H,5-10H2,1-2H3,(H,23,25)(H,24,27);3-7,20H,1-2H3,(H,17,19)(H,18,21);1-6H2;1H. The fourth-order valence-corrected chi connectivity index (χ4v) is 8.83. The Kier molecular flexibility index (Phi) is 19.0. The Morgan fingerprint density at radius 2 is 1.23 bits per heavy atom. The van der Waals surface area contributed by atoms with Gasteiger partial charge in [-0.3, -0.25) is 19.4 Å². The van der Waals surface area contributed by atoms with Crippen molar-refractivity contribution in [1.82, 2.24) is 29.7 Å². The minimum absolute atomic E-state index is 0. The zero-order valence-corrected chi connectivity index (χ0v) is 39.6. The summed E-state index contributed by atoms with van der Waals surface area (Å²) in [4.78, 5) is 44.9. The average Bonchev–Trinajstić information content (AvgIpc) is 3.91. The number of nitrogens with one attached hydrogen (secondary N) is 4. The van der Waals surface area contributed by atoms with Crippen LogP contribution in [0.25, 0.3) is 44.6 Å². The van der Waals surface area contributed by atoms with Gasteiger partial charge in [0.15, 0.2) is 21.1 Å². The maximum absolute atomic E-state index is 12.7. The first-order chi connectivity index (χ1) is 29.4. The second-order valence-electron chi connectivity index (χ2n) is 14.8. The highest BCUT2D eigenvalue weighted by Crippen LogP contribution is 2.33. The Morgan fingerprint density at radius 3 is 1.71 bits per heavy atom. The minimum atomic E-state index is -0.169. The van der Waals surface area contributed by atoms with Gasteiger partial charge in [-0.2, -0.15) is 0 Å². The molecule has 4 aromatic heterocycles. The highest BCUT2D eigenvalue weighted by atomic mass is 35.5. The van der Waals surface area contributed by atoms with Gasteiger partial charge in [0.25, 0.3) is 0 Å². The van der Waals surface area contributed by atoms with Gasteiger partial charge in [0, 0.05) is 90.9 Å². The number of aromatic amines is 2. The van der Waals surface area contributed by atoms with Crippen molar-refractivity contribution in [2.45, 2.75) is 39.8 Å². The van der Waals surface area contributed by atoms with E-state index < -0.39 is 0 Å². The molecule has 8 rings (SSSR count). The van der Waals surface area contributed by atoms with Crippen molar-refractivity contribution in [3.8, 4) is 34.3 Å². The summed E-state index contributed by atoms with van der Waals surface area (Å²) in [5.74, 6) is 1.23. The number of H-pyrrole nitrogens is 2. The summed E-state index contributed by atoms with van der Waals surface area (Å²) in [7, 11) is 0. The Labute approximate surface area is 389 Å². The molecule has 2 aromatic carbocycles. The van der Waals surface area contributed by atoms with Gasteiger partial charge in [-0.1, -0.05) is 23.2 Å². The number of anilines is 2. The number of phenolic OH excluding ortho intramolecular Hbond substituents is 1. The molecule has 336 valence electrons. The fraction of sp³-hybridized carbons (Fsp3) is 0.429. The molecule has 6 heterocycles. The second kappa shape index (κ2) is 23.8. The van der Waals surface area contributed by atoms with Gasteiger partial charge in [-0.05, 0) is 52.0 Å². The largest absolute Gasteiger partial charge is 0.506 e. The van der Waals surface area contributed by atoms with Crippen molar-refractivity contribution < 1.29 is 19.3 Å². The molecule has 5 N–H and O–H groups in total. The molecule has 2 aliphatic rings. The summed E-state index contributed by atoms with van der Waals surface area (Å²) >= 11 is 21.2. The van der Waals surface area contributed by atoms with Crippen LogP contribution >= 0.6 is 69.9 Å². The lowest BCUT2D eigenvalue weighted by molar-refractivity contribution is 0.0322. The average molecular weight is 971 g/mol. The van der Waals surface area contributed by atoms with Gasteiger partial charge in [0.1, 0.15) is 28.2 Å². The molecule has 0 spiro atoms. The maximum atomic E-state index is 12.7. The summed E-state index contributed by atoms with van der Waals surface area (Å²) < 4.78 is 16.4. The summed E-state index contributed by atoms with van der Waals surface area (Å²) in [5.41, 5.74) is 3.27. The lowest BCUT2D eigenvalue weighted by Gasteiger charge is -2.26. The van der Waals surface area contributed by atoms with E-state index in [1.807, 2.05) is 24.6 Å². The van der Waals surface area contributed by atoms with E-state index in [9.17, 15) is 14.7 Å². The molecule has 14 nitrogen and oxygen atoms in total. The number of nitrogens with zero attached hydrogens (tertiary/aromatic N) is 4. The maximum Gasteiger partial charge on any atom is 0.190 e. The number of benzene rings is 2. The molecule has 2 fully saturated rings. The van der Waals surface area contributed by atoms with E-state index >= 15 is 0 Å². The normalized spacial score (nSPS) is 14.5. The molecule has 62 heavy (non-hydrogen) atoms. The Hall–Kier alpha value is -3.68. The summed E-state index contributed by atoms with van der Waals surface area (Å²) in [6.07, 6.45) is 0. The van der Waals surface area contributed by atoms with Crippen LogP contribution in [0.1, 0.15) is 27.7 Å². The number of ether oxygens (including phenoxy) is 3. The van der Waals surface area contributed by atoms with Crippen LogP contribution in [0.15, 0.2) is 56.7 Å². The van der Waals surface area contributed by atoms with Gasteiger partial charge in [-0.15, -0.1) is 46.7 Å². The van der Waals surface area contributed by atoms with Crippen LogP contribution in [-0.4, -0.2) is 125 Å². The number of morpholine rings is 2. The summed E-state index contributed by atoms with van der Waals surface area (Å²) in [5, 5.41) is 23.1. The van der Waals surface area contributed by atoms with Crippen molar-refractivity contribution in [3.63, 3.8) is 0 Å². The Morgan fingerprint density at radius 1 is 0.758 bits per heavy atom. The van der Waals surface area contributed by atoms with E-state index in [1.165, 1.54) is 34.8 Å². The molecule has 6 aromatic rings. The molecule has 0 atom stereocenters. The Balaban J connectivity index is 0.000000198. The lowest BCUT2D eigenvalue weighted by Crippen LogP contribution is -2.38. The van der Waals surface area contributed by atoms with E-state index in [-0.39, 0.29) is 46.1 Å². The first-order valence-electron chi connectivity index (χ1n) is 20.0. The highest BCUT2D eigenvalue weighted by Gasteiger charge is 2.16. The van der Waals surface area contributed by atoms with Crippen molar-refractivity contribution in [2.24, 2.45) is 0 Å². The lowest BCUT2D eigenvalue weighted by atomic mass is 10.1. The van der Waals surface area contributed by atoms with Crippen LogP contribution in [0.2, 0.25) is 10.0 Å². The number of aromatic hydroxyl groups is 1. The topological polar surface area (TPSA) is 170 Å². The van der Waals surface area contributed by atoms with Gasteiger partial charge in [-0.25, -0.2) is 9.97 Å². The number of aromatic nitrogens is 4. The quantitative estimate of drug-likeness (QED) is 0.0742. The molecule has 0 amide bonds. The van der Waals surface area contributed by atoms with Gasteiger partial charge in [0.2, 0.25) is 0 Å². The van der Waals surface area contributed by atoms with E-state index in [1.54, 1.807) is 24.3 Å². The van der Waals surface area contributed by atoms with Crippen molar-refractivity contribution in [3.05, 3.63) is 77.7 Å². The number of rotatable bonds is 12. The number of thiazole rings is 2. The van der Waals surface area contributed by atoms with E-state index in [0.29, 0.717) is 62.0 Å². The zero-order chi connectivity index (χ0) is 43.5. The molecular weight excluding hydrogens is 918 g/mol. The minimum Gasteiger partial charge on any atom is -0.506 e. The van der Waals surface area contributed by atoms with Gasteiger partial charge >= 0.3 is 0 Å². The SMILES string of the molecule is CC(C)Nc1nc(-c2cc(=O)c3ccc(O)c(Cl)c3[nH]2)cs1.CC(C)Nc1nc(-c2cc(=O)c3ccc(OCCN4CCOCC4)c(Cl)c3[nH]2)cs1.Cl.ClCCN1CCOCC1. The van der Waals surface area contributed by atoms with Gasteiger partial charge in [0.05, 0.1) is 60.2 Å². The number of fused-ring (bicyclic) bond motifs is 2. The third kappa shape index (κ3) is 13.4. The van der Waals surface area contributed by atoms with Crippen molar-refractivity contribution in [2.75, 3.05) is 88.8 Å². The molecule has 0 radical (unpaired) electrons. The molecule has 0 saturated carbocycles. The van der Waals surface area contributed by atoms with E-state index in [2.05, 4.69) is 54.2 Å². The molecular formula is C42H52Cl4N8O6S2. The summed E-state index contributed by atoms with van der Waals surface area (Å²) in [6.45, 7) is 17.7.